The fraction of sp³-hybridized carbons (Fsp3) is 0.786. The molecule has 0 radical (unpaired) electrons. The van der Waals surface area contributed by atoms with E-state index in [1.807, 2.05) is 20.8 Å². The number of rotatable bonds is 10. The summed E-state index contributed by atoms with van der Waals surface area (Å²) >= 11 is 0. The Balaban J connectivity index is 4.96. The summed E-state index contributed by atoms with van der Waals surface area (Å²) in [6.45, 7) is 5.63. The van der Waals surface area contributed by atoms with Crippen LogP contribution in [0.15, 0.2) is 0 Å². The van der Waals surface area contributed by atoms with Gasteiger partial charge in [0.2, 0.25) is 5.91 Å². The number of carboxylic acid groups (broad SMARTS) is 2. The molecule has 0 saturated carbocycles. The maximum Gasteiger partial charge on any atom is 0.326 e. The monoisotopic (exact) mass is 287 g/mol. The van der Waals surface area contributed by atoms with Crippen molar-refractivity contribution in [1.82, 2.24) is 4.90 Å². The number of carbonyl (C=O) groups excluding carboxylic acids is 1. The van der Waals surface area contributed by atoms with Crippen molar-refractivity contribution in [3.05, 3.63) is 0 Å². The molecule has 0 bridgehead atoms. The van der Waals surface area contributed by atoms with Gasteiger partial charge in [-0.2, -0.15) is 0 Å². The maximum absolute atomic E-state index is 12.1. The van der Waals surface area contributed by atoms with Gasteiger partial charge in [0.25, 0.3) is 0 Å². The fourth-order valence-electron chi connectivity index (χ4n) is 1.95. The van der Waals surface area contributed by atoms with Crippen molar-refractivity contribution in [3.8, 4) is 0 Å². The minimum atomic E-state index is -1.07. The lowest BCUT2D eigenvalue weighted by Crippen LogP contribution is -2.46. The summed E-state index contributed by atoms with van der Waals surface area (Å²) in [5, 5.41) is 18.0. The van der Waals surface area contributed by atoms with Crippen LogP contribution in [0.25, 0.3) is 0 Å². The summed E-state index contributed by atoms with van der Waals surface area (Å²) in [6.07, 6.45) is 1.87. The van der Waals surface area contributed by atoms with E-state index in [-0.39, 0.29) is 31.2 Å². The number of amides is 1. The lowest BCUT2D eigenvalue weighted by Gasteiger charge is -2.29. The Kier molecular flexibility index (Phi) is 8.59. The van der Waals surface area contributed by atoms with Crippen LogP contribution in [0.3, 0.4) is 0 Å². The minimum absolute atomic E-state index is 0.0540. The average molecular weight is 287 g/mol. The van der Waals surface area contributed by atoms with Gasteiger partial charge in [-0.25, -0.2) is 4.79 Å². The molecule has 0 aliphatic carbocycles. The van der Waals surface area contributed by atoms with Gasteiger partial charge in [0.15, 0.2) is 0 Å². The Morgan fingerprint density at radius 3 is 2.15 bits per heavy atom. The van der Waals surface area contributed by atoms with E-state index in [0.717, 1.165) is 6.42 Å². The van der Waals surface area contributed by atoms with Crippen molar-refractivity contribution in [3.63, 3.8) is 0 Å². The molecule has 1 unspecified atom stereocenters. The highest BCUT2D eigenvalue weighted by atomic mass is 16.4. The number of hydrogen-bond acceptors (Lipinski definition) is 3. The first kappa shape index (κ1) is 18.4. The molecule has 1 atom stereocenters. The number of hydrogen-bond donors (Lipinski definition) is 2. The number of carbonyl (C=O) groups is 3. The number of unbranched alkanes of at least 4 members (excludes halogenated alkanes) is 1. The zero-order valence-corrected chi connectivity index (χ0v) is 12.5. The molecule has 0 aliphatic heterocycles. The topological polar surface area (TPSA) is 94.9 Å². The predicted molar refractivity (Wildman–Crippen MR) is 74.4 cm³/mol. The van der Waals surface area contributed by atoms with E-state index in [0.29, 0.717) is 12.8 Å². The summed E-state index contributed by atoms with van der Waals surface area (Å²) in [4.78, 5) is 35.4. The van der Waals surface area contributed by atoms with Gasteiger partial charge >= 0.3 is 11.9 Å². The summed E-state index contributed by atoms with van der Waals surface area (Å²) < 4.78 is 0. The average Bonchev–Trinajstić information content (AvgIpc) is 2.31. The van der Waals surface area contributed by atoms with Crippen molar-refractivity contribution in [2.75, 3.05) is 6.54 Å². The summed E-state index contributed by atoms with van der Waals surface area (Å²) in [5.74, 6) is -2.28. The van der Waals surface area contributed by atoms with Crippen LogP contribution in [-0.4, -0.2) is 45.5 Å². The highest BCUT2D eigenvalue weighted by Gasteiger charge is 2.29. The molecule has 0 aromatic carbocycles. The number of aliphatic carboxylic acids is 2. The van der Waals surface area contributed by atoms with Crippen LogP contribution in [0.2, 0.25) is 0 Å². The highest BCUT2D eigenvalue weighted by molar-refractivity contribution is 5.84. The first-order valence-electron chi connectivity index (χ1n) is 7.03. The molecule has 0 rings (SSSR count). The molecule has 20 heavy (non-hydrogen) atoms. The van der Waals surface area contributed by atoms with Gasteiger partial charge in [-0.15, -0.1) is 0 Å². The third-order valence-corrected chi connectivity index (χ3v) is 2.96. The maximum atomic E-state index is 12.1. The van der Waals surface area contributed by atoms with Crippen LogP contribution >= 0.6 is 0 Å². The van der Waals surface area contributed by atoms with Gasteiger partial charge in [0, 0.05) is 13.0 Å². The van der Waals surface area contributed by atoms with Crippen molar-refractivity contribution >= 4 is 17.8 Å². The first-order valence-corrected chi connectivity index (χ1v) is 7.03. The fourth-order valence-corrected chi connectivity index (χ4v) is 1.95. The normalized spacial score (nSPS) is 12.2. The smallest absolute Gasteiger partial charge is 0.326 e. The van der Waals surface area contributed by atoms with Crippen molar-refractivity contribution in [2.45, 2.75) is 58.9 Å². The van der Waals surface area contributed by atoms with Gasteiger partial charge in [0.05, 0.1) is 6.42 Å². The molecule has 0 spiro atoms. The van der Waals surface area contributed by atoms with Crippen LogP contribution < -0.4 is 0 Å². The molecule has 0 aromatic heterocycles. The van der Waals surface area contributed by atoms with Crippen molar-refractivity contribution in [1.29, 1.82) is 0 Å². The van der Waals surface area contributed by atoms with E-state index in [1.54, 1.807) is 0 Å². The summed E-state index contributed by atoms with van der Waals surface area (Å²) in [5.41, 5.74) is 0. The Hall–Kier alpha value is -1.59. The molecule has 0 aromatic rings. The summed E-state index contributed by atoms with van der Waals surface area (Å²) in [7, 11) is 0. The molecular weight excluding hydrogens is 262 g/mol. The van der Waals surface area contributed by atoms with Gasteiger partial charge in [0.1, 0.15) is 6.04 Å². The molecule has 0 fully saturated rings. The molecule has 0 aliphatic rings. The van der Waals surface area contributed by atoms with E-state index in [2.05, 4.69) is 0 Å². The lowest BCUT2D eigenvalue weighted by molar-refractivity contribution is -0.152. The van der Waals surface area contributed by atoms with E-state index < -0.39 is 18.0 Å². The second-order valence-electron chi connectivity index (χ2n) is 5.33. The second kappa shape index (κ2) is 9.34. The van der Waals surface area contributed by atoms with E-state index in [9.17, 15) is 19.5 Å². The van der Waals surface area contributed by atoms with Gasteiger partial charge in [-0.1, -0.05) is 33.6 Å². The van der Waals surface area contributed by atoms with Gasteiger partial charge < -0.3 is 15.1 Å². The predicted octanol–water partition coefficient (Wildman–Crippen LogP) is 1.98. The SMILES string of the molecule is CCCCC(C(=O)O)N(CCC(=O)O)C(=O)CC(C)C. The molecular formula is C14H25NO5. The molecule has 0 saturated heterocycles. The van der Waals surface area contributed by atoms with E-state index in [4.69, 9.17) is 5.11 Å². The highest BCUT2D eigenvalue weighted by Crippen LogP contribution is 2.14. The minimum Gasteiger partial charge on any atom is -0.481 e. The van der Waals surface area contributed by atoms with Crippen LogP contribution in [0, 0.1) is 5.92 Å². The van der Waals surface area contributed by atoms with Crippen LogP contribution in [0.1, 0.15) is 52.9 Å². The first-order chi connectivity index (χ1) is 9.29. The van der Waals surface area contributed by atoms with Crippen molar-refractivity contribution < 1.29 is 24.6 Å². The number of nitrogens with zero attached hydrogens (tertiary/aromatic N) is 1. The molecule has 6 heteroatoms. The molecule has 1 amide bonds. The lowest BCUT2D eigenvalue weighted by atomic mass is 10.0. The van der Waals surface area contributed by atoms with Crippen molar-refractivity contribution in [2.24, 2.45) is 5.92 Å². The molecule has 6 nitrogen and oxygen atoms in total. The Labute approximate surface area is 119 Å². The Morgan fingerprint density at radius 2 is 1.75 bits per heavy atom. The second-order valence-corrected chi connectivity index (χ2v) is 5.33. The van der Waals surface area contributed by atoms with Crippen LogP contribution in [-0.2, 0) is 14.4 Å². The Bertz CT molecular complexity index is 340. The molecule has 116 valence electrons. The zero-order valence-electron chi connectivity index (χ0n) is 12.5. The van der Waals surface area contributed by atoms with Gasteiger partial charge in [-0.3, -0.25) is 9.59 Å². The molecule has 0 heterocycles. The van der Waals surface area contributed by atoms with Gasteiger partial charge in [-0.05, 0) is 12.3 Å². The quantitative estimate of drug-likeness (QED) is 0.640. The Morgan fingerprint density at radius 1 is 1.15 bits per heavy atom. The zero-order chi connectivity index (χ0) is 15.7. The third-order valence-electron chi connectivity index (χ3n) is 2.96. The third kappa shape index (κ3) is 7.11. The van der Waals surface area contributed by atoms with E-state index in [1.165, 1.54) is 4.90 Å². The van der Waals surface area contributed by atoms with Crippen LogP contribution in [0.5, 0.6) is 0 Å². The molecule has 2 N–H and O–H groups in total. The largest absolute Gasteiger partial charge is 0.481 e. The van der Waals surface area contributed by atoms with Crippen LogP contribution in [0.4, 0.5) is 0 Å². The standard InChI is InChI=1S/C14H25NO5/c1-4-5-6-11(14(19)20)15(8-7-13(17)18)12(16)9-10(2)3/h10-11H,4-9H2,1-3H3,(H,17,18)(H,19,20). The van der Waals surface area contributed by atoms with E-state index >= 15 is 0 Å². The number of carboxylic acids is 2. The summed E-state index contributed by atoms with van der Waals surface area (Å²) in [6, 6.07) is -0.930.